The van der Waals surface area contributed by atoms with Gasteiger partial charge in [0.05, 0.1) is 16.7 Å². The predicted octanol–water partition coefficient (Wildman–Crippen LogP) is 10.1. The zero-order chi connectivity index (χ0) is 26.5. The Labute approximate surface area is 237 Å². The second-order valence-electron chi connectivity index (χ2n) is 10.1. The van der Waals surface area contributed by atoms with E-state index >= 15 is 0 Å². The topological polar surface area (TPSA) is 17.8 Å². The van der Waals surface area contributed by atoms with Crippen molar-refractivity contribution in [3.05, 3.63) is 145 Å². The molecule has 0 fully saturated rings. The van der Waals surface area contributed by atoms with E-state index in [2.05, 4.69) is 144 Å². The minimum Gasteiger partial charge on any atom is -0.294 e. The lowest BCUT2D eigenvalue weighted by atomic mass is 10.0. The monoisotopic (exact) mass is 528 g/mol. The van der Waals surface area contributed by atoms with E-state index in [-0.39, 0.29) is 0 Å². The number of nitrogens with zero attached hydrogens (tertiary/aromatic N) is 2. The Bertz CT molecular complexity index is 2010. The molecule has 0 atom stereocenters. The van der Waals surface area contributed by atoms with Crippen LogP contribution in [0.3, 0.4) is 0 Å². The SMILES string of the molecule is C1=Cc2cc3c4ccccc4n(-c4cc(-c5ccccc5)cc(-c5ccccc5)n4)c3cc2Sc2ccccc21. The third-order valence-electron chi connectivity index (χ3n) is 7.60. The Morgan fingerprint density at radius 1 is 0.475 bits per heavy atom. The van der Waals surface area contributed by atoms with Crippen LogP contribution in [0.4, 0.5) is 0 Å². The average molecular weight is 529 g/mol. The summed E-state index contributed by atoms with van der Waals surface area (Å²) in [6, 6.07) is 47.4. The number of fused-ring (bicyclic) bond motifs is 5. The van der Waals surface area contributed by atoms with E-state index in [4.69, 9.17) is 4.98 Å². The smallest absolute Gasteiger partial charge is 0.138 e. The third kappa shape index (κ3) is 3.86. The number of hydrogen-bond donors (Lipinski definition) is 0. The van der Waals surface area contributed by atoms with Gasteiger partial charge in [-0.25, -0.2) is 4.98 Å². The van der Waals surface area contributed by atoms with Gasteiger partial charge in [0.2, 0.25) is 0 Å². The van der Waals surface area contributed by atoms with Crippen LogP contribution in [0, 0.1) is 0 Å². The second-order valence-corrected chi connectivity index (χ2v) is 11.1. The maximum atomic E-state index is 5.28. The largest absolute Gasteiger partial charge is 0.294 e. The minimum atomic E-state index is 0.918. The van der Waals surface area contributed by atoms with Crippen molar-refractivity contribution in [1.82, 2.24) is 9.55 Å². The van der Waals surface area contributed by atoms with Crippen LogP contribution in [0.2, 0.25) is 0 Å². The minimum absolute atomic E-state index is 0.918. The lowest BCUT2D eigenvalue weighted by molar-refractivity contribution is 1.08. The van der Waals surface area contributed by atoms with Gasteiger partial charge in [-0.3, -0.25) is 4.57 Å². The van der Waals surface area contributed by atoms with Crippen LogP contribution >= 0.6 is 11.8 Å². The summed E-state index contributed by atoms with van der Waals surface area (Å²) in [7, 11) is 0. The second kappa shape index (κ2) is 9.41. The Morgan fingerprint density at radius 3 is 2.02 bits per heavy atom. The summed E-state index contributed by atoms with van der Waals surface area (Å²) in [5.74, 6) is 0.918. The molecule has 0 N–H and O–H groups in total. The highest BCUT2D eigenvalue weighted by molar-refractivity contribution is 7.99. The molecule has 5 aromatic carbocycles. The molecule has 0 amide bonds. The van der Waals surface area contributed by atoms with E-state index in [1.165, 1.54) is 37.3 Å². The molecule has 2 aromatic heterocycles. The van der Waals surface area contributed by atoms with E-state index in [0.29, 0.717) is 0 Å². The van der Waals surface area contributed by atoms with E-state index < -0.39 is 0 Å². The van der Waals surface area contributed by atoms with Crippen molar-refractivity contribution in [2.75, 3.05) is 0 Å². The fraction of sp³-hybridized carbons (Fsp3) is 0. The van der Waals surface area contributed by atoms with Gasteiger partial charge in [-0.2, -0.15) is 0 Å². The van der Waals surface area contributed by atoms with Gasteiger partial charge >= 0.3 is 0 Å². The molecule has 0 aliphatic carbocycles. The van der Waals surface area contributed by atoms with Crippen LogP contribution in [0.1, 0.15) is 11.1 Å². The first kappa shape index (κ1) is 23.1. The molecular formula is C37H24N2S. The van der Waals surface area contributed by atoms with Gasteiger partial charge in [-0.15, -0.1) is 0 Å². The normalized spacial score (nSPS) is 12.3. The maximum Gasteiger partial charge on any atom is 0.138 e. The molecule has 3 heteroatoms. The van der Waals surface area contributed by atoms with Crippen molar-refractivity contribution in [1.29, 1.82) is 0 Å². The molecule has 2 nitrogen and oxygen atoms in total. The maximum absolute atomic E-state index is 5.28. The van der Waals surface area contributed by atoms with Crippen LogP contribution in [0.25, 0.3) is 62.2 Å². The lowest BCUT2D eigenvalue weighted by Crippen LogP contribution is -2.00. The van der Waals surface area contributed by atoms with Gasteiger partial charge in [0.15, 0.2) is 0 Å². The summed E-state index contributed by atoms with van der Waals surface area (Å²) in [5, 5.41) is 2.47. The van der Waals surface area contributed by atoms with Crippen molar-refractivity contribution in [2.45, 2.75) is 9.79 Å². The van der Waals surface area contributed by atoms with Crippen LogP contribution in [-0.4, -0.2) is 9.55 Å². The highest BCUT2D eigenvalue weighted by Gasteiger charge is 2.19. The van der Waals surface area contributed by atoms with Crippen LogP contribution < -0.4 is 0 Å². The molecule has 0 saturated heterocycles. The van der Waals surface area contributed by atoms with Crippen molar-refractivity contribution in [3.63, 3.8) is 0 Å². The van der Waals surface area contributed by atoms with Gasteiger partial charge in [-0.05, 0) is 58.7 Å². The number of pyridine rings is 1. The molecule has 1 aliphatic rings. The summed E-state index contributed by atoms with van der Waals surface area (Å²) < 4.78 is 2.34. The first-order valence-corrected chi connectivity index (χ1v) is 14.3. The fourth-order valence-corrected chi connectivity index (χ4v) is 6.72. The van der Waals surface area contributed by atoms with Crippen LogP contribution in [0.15, 0.2) is 143 Å². The Morgan fingerprint density at radius 2 is 1.18 bits per heavy atom. The van der Waals surface area contributed by atoms with E-state index in [9.17, 15) is 0 Å². The van der Waals surface area contributed by atoms with E-state index in [1.807, 2.05) is 17.8 Å². The quantitative estimate of drug-likeness (QED) is 0.227. The van der Waals surface area contributed by atoms with E-state index in [1.54, 1.807) is 0 Å². The van der Waals surface area contributed by atoms with Gasteiger partial charge in [0, 0.05) is 26.1 Å². The summed E-state index contributed by atoms with van der Waals surface area (Å²) >= 11 is 1.84. The highest BCUT2D eigenvalue weighted by atomic mass is 32.2. The number of aromatic nitrogens is 2. The molecule has 0 spiro atoms. The van der Waals surface area contributed by atoms with Crippen molar-refractivity contribution in [2.24, 2.45) is 0 Å². The summed E-state index contributed by atoms with van der Waals surface area (Å²) in [5.41, 5.74) is 9.21. The van der Waals surface area contributed by atoms with Gasteiger partial charge in [0.1, 0.15) is 5.82 Å². The molecule has 1 aliphatic heterocycles. The van der Waals surface area contributed by atoms with Gasteiger partial charge in [-0.1, -0.05) is 121 Å². The molecule has 0 unspecified atom stereocenters. The van der Waals surface area contributed by atoms with Crippen molar-refractivity contribution >= 4 is 45.7 Å². The summed E-state index contributed by atoms with van der Waals surface area (Å²) in [4.78, 5) is 7.80. The third-order valence-corrected chi connectivity index (χ3v) is 8.77. The van der Waals surface area contributed by atoms with Crippen molar-refractivity contribution < 1.29 is 0 Å². The van der Waals surface area contributed by atoms with E-state index in [0.717, 1.165) is 33.7 Å². The molecule has 0 bridgehead atoms. The van der Waals surface area contributed by atoms with Crippen molar-refractivity contribution in [3.8, 4) is 28.2 Å². The number of hydrogen-bond acceptors (Lipinski definition) is 2. The number of benzene rings is 5. The van der Waals surface area contributed by atoms with Crippen LogP contribution in [0.5, 0.6) is 0 Å². The molecule has 188 valence electrons. The highest BCUT2D eigenvalue weighted by Crippen LogP contribution is 2.42. The Hall–Kier alpha value is -4.86. The molecule has 40 heavy (non-hydrogen) atoms. The molecule has 8 rings (SSSR count). The molecule has 0 radical (unpaired) electrons. The standard InChI is InChI=1S/C37H24N2S/c1-3-11-25(12-4-1)29-22-32(26-13-5-2-6-14-26)38-37(23-29)39-33-17-9-8-16-30(33)31-21-28-20-19-27-15-7-10-18-35(27)40-36(28)24-34(31)39/h1-24H. The fourth-order valence-electron chi connectivity index (χ4n) is 5.67. The molecule has 0 saturated carbocycles. The molecule has 3 heterocycles. The van der Waals surface area contributed by atoms with Gasteiger partial charge in [0.25, 0.3) is 0 Å². The zero-order valence-electron chi connectivity index (χ0n) is 21.7. The molecule has 7 aromatic rings. The van der Waals surface area contributed by atoms with Crippen LogP contribution in [-0.2, 0) is 0 Å². The summed E-state index contributed by atoms with van der Waals surface area (Å²) in [6.45, 7) is 0. The zero-order valence-corrected chi connectivity index (χ0v) is 22.5. The number of rotatable bonds is 3. The predicted molar refractivity (Wildman–Crippen MR) is 169 cm³/mol. The number of para-hydroxylation sites is 1. The first-order valence-electron chi connectivity index (χ1n) is 13.5. The first-order chi connectivity index (χ1) is 19.8. The molecular weight excluding hydrogens is 504 g/mol. The van der Waals surface area contributed by atoms with Gasteiger partial charge < -0.3 is 0 Å². The Kier molecular flexibility index (Phi) is 5.42. The average Bonchev–Trinajstić information content (AvgIpc) is 3.22. The Balaban J connectivity index is 1.42. The lowest BCUT2D eigenvalue weighted by Gasteiger charge is -2.13. The summed E-state index contributed by atoms with van der Waals surface area (Å²) in [6.07, 6.45) is 4.48.